The Hall–Kier alpha value is -2.20. The molecule has 0 saturated heterocycles. The summed E-state index contributed by atoms with van der Waals surface area (Å²) in [7, 11) is 1.57. The second-order valence-electron chi connectivity index (χ2n) is 4.04. The van der Waals surface area contributed by atoms with Gasteiger partial charge in [0.1, 0.15) is 5.75 Å². The zero-order valence-electron chi connectivity index (χ0n) is 10.7. The van der Waals surface area contributed by atoms with Crippen LogP contribution in [0.15, 0.2) is 48.8 Å². The minimum atomic E-state index is 0.0543. The third-order valence-corrected chi connectivity index (χ3v) is 2.61. The van der Waals surface area contributed by atoms with Gasteiger partial charge in [0.2, 0.25) is 0 Å². The number of hydrogen-bond donors (Lipinski definition) is 0. The third-order valence-electron chi connectivity index (χ3n) is 2.61. The third kappa shape index (κ3) is 3.89. The normalized spacial score (nSPS) is 10.2. The van der Waals surface area contributed by atoms with E-state index in [9.17, 15) is 4.79 Å². The Morgan fingerprint density at radius 2 is 2.00 bits per heavy atom. The minimum Gasteiger partial charge on any atom is -0.468 e. The number of ketones is 1. The Morgan fingerprint density at radius 1 is 1.21 bits per heavy atom. The van der Waals surface area contributed by atoms with Crippen molar-refractivity contribution in [1.29, 1.82) is 0 Å². The smallest absolute Gasteiger partial charge is 0.188 e. The summed E-state index contributed by atoms with van der Waals surface area (Å²) in [6.07, 6.45) is 3.59. The van der Waals surface area contributed by atoms with Crippen LogP contribution < -0.4 is 4.74 Å². The van der Waals surface area contributed by atoms with Crippen LogP contribution in [0.1, 0.15) is 15.9 Å². The zero-order valence-corrected chi connectivity index (χ0v) is 10.7. The van der Waals surface area contributed by atoms with Crippen molar-refractivity contribution in [2.45, 2.75) is 6.42 Å². The average Bonchev–Trinajstić information content (AvgIpc) is 2.47. The SMILES string of the molecule is COCOc1ccc(CC(=O)c2cccnc2)cc1. The van der Waals surface area contributed by atoms with Crippen molar-refractivity contribution in [2.75, 3.05) is 13.9 Å². The number of ether oxygens (including phenoxy) is 2. The van der Waals surface area contributed by atoms with E-state index in [0.717, 1.165) is 11.3 Å². The summed E-state index contributed by atoms with van der Waals surface area (Å²) in [6.45, 7) is 0.216. The molecule has 0 aliphatic rings. The highest BCUT2D eigenvalue weighted by molar-refractivity contribution is 5.97. The van der Waals surface area contributed by atoms with Crippen LogP contribution in [0.3, 0.4) is 0 Å². The molecule has 0 fully saturated rings. The maximum Gasteiger partial charge on any atom is 0.188 e. The Balaban J connectivity index is 1.98. The topological polar surface area (TPSA) is 48.4 Å². The van der Waals surface area contributed by atoms with Crippen molar-refractivity contribution < 1.29 is 14.3 Å². The van der Waals surface area contributed by atoms with Crippen LogP contribution in [0.2, 0.25) is 0 Å². The van der Waals surface area contributed by atoms with Crippen molar-refractivity contribution in [3.8, 4) is 5.75 Å². The van der Waals surface area contributed by atoms with Gasteiger partial charge in [-0.15, -0.1) is 0 Å². The Morgan fingerprint density at radius 3 is 2.63 bits per heavy atom. The number of benzene rings is 1. The quantitative estimate of drug-likeness (QED) is 0.589. The van der Waals surface area contributed by atoms with E-state index >= 15 is 0 Å². The number of rotatable bonds is 6. The predicted molar refractivity (Wildman–Crippen MR) is 71.2 cm³/mol. The van der Waals surface area contributed by atoms with Crippen molar-refractivity contribution >= 4 is 5.78 Å². The first kappa shape index (κ1) is 13.2. The van der Waals surface area contributed by atoms with Gasteiger partial charge in [-0.2, -0.15) is 0 Å². The van der Waals surface area contributed by atoms with Gasteiger partial charge in [-0.3, -0.25) is 9.78 Å². The van der Waals surface area contributed by atoms with E-state index in [2.05, 4.69) is 4.98 Å². The van der Waals surface area contributed by atoms with Gasteiger partial charge in [-0.05, 0) is 29.8 Å². The standard InChI is InChI=1S/C15H15NO3/c1-18-11-19-14-6-4-12(5-7-14)9-15(17)13-3-2-8-16-10-13/h2-8,10H,9,11H2,1H3. The molecule has 0 atom stereocenters. The molecule has 0 N–H and O–H groups in total. The predicted octanol–water partition coefficient (Wildman–Crippen LogP) is 2.49. The second kappa shape index (κ2) is 6.66. The highest BCUT2D eigenvalue weighted by atomic mass is 16.7. The maximum absolute atomic E-state index is 12.0. The fourth-order valence-corrected chi connectivity index (χ4v) is 1.65. The van der Waals surface area contributed by atoms with Gasteiger partial charge < -0.3 is 9.47 Å². The van der Waals surface area contributed by atoms with Crippen LogP contribution in [0, 0.1) is 0 Å². The zero-order chi connectivity index (χ0) is 13.5. The molecule has 0 aliphatic carbocycles. The second-order valence-corrected chi connectivity index (χ2v) is 4.04. The number of carbonyl (C=O) groups is 1. The summed E-state index contributed by atoms with van der Waals surface area (Å²) in [5, 5.41) is 0. The van der Waals surface area contributed by atoms with Crippen LogP contribution in [-0.4, -0.2) is 24.7 Å². The molecule has 4 heteroatoms. The number of methoxy groups -OCH3 is 1. The first-order valence-electron chi connectivity index (χ1n) is 5.93. The molecule has 98 valence electrons. The molecule has 1 aromatic heterocycles. The maximum atomic E-state index is 12.0. The molecule has 0 spiro atoms. The number of nitrogens with zero attached hydrogens (tertiary/aromatic N) is 1. The fraction of sp³-hybridized carbons (Fsp3) is 0.200. The molecule has 0 aliphatic heterocycles. The highest BCUT2D eigenvalue weighted by Crippen LogP contribution is 2.14. The molecule has 0 amide bonds. The summed E-state index contributed by atoms with van der Waals surface area (Å²) in [5.41, 5.74) is 1.57. The van der Waals surface area contributed by atoms with Gasteiger partial charge in [-0.1, -0.05) is 12.1 Å². The van der Waals surface area contributed by atoms with Gasteiger partial charge in [-0.25, -0.2) is 0 Å². The van der Waals surface area contributed by atoms with E-state index in [1.807, 2.05) is 24.3 Å². The van der Waals surface area contributed by atoms with E-state index < -0.39 is 0 Å². The van der Waals surface area contributed by atoms with E-state index in [0.29, 0.717) is 12.0 Å². The van der Waals surface area contributed by atoms with Crippen LogP contribution >= 0.6 is 0 Å². The lowest BCUT2D eigenvalue weighted by molar-refractivity contribution is 0.0511. The molecule has 2 rings (SSSR count). The average molecular weight is 257 g/mol. The minimum absolute atomic E-state index is 0.0543. The number of hydrogen-bond acceptors (Lipinski definition) is 4. The van der Waals surface area contributed by atoms with Crippen molar-refractivity contribution in [2.24, 2.45) is 0 Å². The Labute approximate surface area is 112 Å². The Bertz CT molecular complexity index is 523. The summed E-state index contributed by atoms with van der Waals surface area (Å²) in [4.78, 5) is 15.9. The van der Waals surface area contributed by atoms with Gasteiger partial charge in [0.05, 0.1) is 0 Å². The number of carbonyl (C=O) groups excluding carboxylic acids is 1. The molecule has 1 heterocycles. The summed E-state index contributed by atoms with van der Waals surface area (Å²) in [5.74, 6) is 0.776. The first-order chi connectivity index (χ1) is 9.29. The molecule has 0 bridgehead atoms. The van der Waals surface area contributed by atoms with E-state index in [-0.39, 0.29) is 12.6 Å². The van der Waals surface area contributed by atoms with Crippen LogP contribution in [0.5, 0.6) is 5.75 Å². The van der Waals surface area contributed by atoms with Crippen LogP contribution in [-0.2, 0) is 11.2 Å². The molecule has 0 saturated carbocycles. The van der Waals surface area contributed by atoms with Gasteiger partial charge in [0.25, 0.3) is 0 Å². The molecule has 1 aromatic carbocycles. The summed E-state index contributed by atoms with van der Waals surface area (Å²) < 4.78 is 10.1. The Kier molecular flexibility index (Phi) is 4.64. The molecule has 0 unspecified atom stereocenters. The molecule has 19 heavy (non-hydrogen) atoms. The first-order valence-corrected chi connectivity index (χ1v) is 5.93. The largest absolute Gasteiger partial charge is 0.468 e. The lowest BCUT2D eigenvalue weighted by Crippen LogP contribution is -2.04. The highest BCUT2D eigenvalue weighted by Gasteiger charge is 2.06. The lowest BCUT2D eigenvalue weighted by Gasteiger charge is -2.05. The lowest BCUT2D eigenvalue weighted by atomic mass is 10.0. The fourth-order valence-electron chi connectivity index (χ4n) is 1.65. The molecule has 2 aromatic rings. The molecule has 4 nitrogen and oxygen atoms in total. The van der Waals surface area contributed by atoms with Crippen molar-refractivity contribution in [1.82, 2.24) is 4.98 Å². The van der Waals surface area contributed by atoms with Gasteiger partial charge >= 0.3 is 0 Å². The summed E-state index contributed by atoms with van der Waals surface area (Å²) >= 11 is 0. The monoisotopic (exact) mass is 257 g/mol. The van der Waals surface area contributed by atoms with Gasteiger partial charge in [0.15, 0.2) is 12.6 Å². The number of Topliss-reactive ketones (excluding diaryl/α,β-unsaturated/α-hetero) is 1. The van der Waals surface area contributed by atoms with E-state index in [1.165, 1.54) is 0 Å². The van der Waals surface area contributed by atoms with Crippen LogP contribution in [0.4, 0.5) is 0 Å². The molecular weight excluding hydrogens is 242 g/mol. The van der Waals surface area contributed by atoms with Crippen molar-refractivity contribution in [3.63, 3.8) is 0 Å². The number of pyridine rings is 1. The van der Waals surface area contributed by atoms with Crippen molar-refractivity contribution in [3.05, 3.63) is 59.9 Å². The molecule has 0 radical (unpaired) electrons. The number of aromatic nitrogens is 1. The van der Waals surface area contributed by atoms with Gasteiger partial charge in [0, 0.05) is 31.5 Å². The summed E-state index contributed by atoms with van der Waals surface area (Å²) in [6, 6.07) is 10.9. The van der Waals surface area contributed by atoms with E-state index in [4.69, 9.17) is 9.47 Å². The molecular formula is C15H15NO3. The van der Waals surface area contributed by atoms with Crippen LogP contribution in [0.25, 0.3) is 0 Å². The van der Waals surface area contributed by atoms with E-state index in [1.54, 1.807) is 31.6 Å².